The lowest BCUT2D eigenvalue weighted by atomic mass is 9.87. The summed E-state index contributed by atoms with van der Waals surface area (Å²) in [5, 5.41) is 3.70. The fraction of sp³-hybridized carbons (Fsp3) is 0.786. The number of imidazole rings is 1. The zero-order valence-corrected chi connectivity index (χ0v) is 11.5. The highest BCUT2D eigenvalue weighted by Crippen LogP contribution is 2.34. The molecular formula is C14H24N4. The van der Waals surface area contributed by atoms with Crippen molar-refractivity contribution < 1.29 is 0 Å². The van der Waals surface area contributed by atoms with Gasteiger partial charge in [0, 0.05) is 25.8 Å². The summed E-state index contributed by atoms with van der Waals surface area (Å²) in [6.07, 6.45) is 9.36. The lowest BCUT2D eigenvalue weighted by Crippen LogP contribution is -2.41. The van der Waals surface area contributed by atoms with E-state index in [4.69, 9.17) is 0 Å². The molecule has 1 aliphatic carbocycles. The first-order valence-electron chi connectivity index (χ1n) is 7.15. The fourth-order valence-electron chi connectivity index (χ4n) is 3.20. The van der Waals surface area contributed by atoms with E-state index < -0.39 is 0 Å². The second kappa shape index (κ2) is 5.02. The average Bonchev–Trinajstić information content (AvgIpc) is 3.09. The Morgan fingerprint density at radius 2 is 2.17 bits per heavy atom. The molecule has 4 nitrogen and oxygen atoms in total. The summed E-state index contributed by atoms with van der Waals surface area (Å²) in [4.78, 5) is 6.79. The van der Waals surface area contributed by atoms with Gasteiger partial charge in [-0.1, -0.05) is 0 Å². The summed E-state index contributed by atoms with van der Waals surface area (Å²) >= 11 is 0. The van der Waals surface area contributed by atoms with Crippen LogP contribution in [-0.2, 0) is 7.05 Å². The number of aromatic nitrogens is 2. The summed E-state index contributed by atoms with van der Waals surface area (Å²) in [5.41, 5.74) is 1.36. The molecule has 0 bridgehead atoms. The Bertz CT molecular complexity index is 396. The van der Waals surface area contributed by atoms with Gasteiger partial charge in [0.05, 0.1) is 18.1 Å². The van der Waals surface area contributed by atoms with Crippen LogP contribution in [0.3, 0.4) is 0 Å². The molecule has 2 unspecified atom stereocenters. The van der Waals surface area contributed by atoms with E-state index in [1.165, 1.54) is 37.9 Å². The third kappa shape index (κ3) is 2.45. The second-order valence-electron chi connectivity index (χ2n) is 5.94. The molecule has 3 rings (SSSR count). The van der Waals surface area contributed by atoms with Gasteiger partial charge in [-0.3, -0.25) is 4.90 Å². The van der Waals surface area contributed by atoms with Crippen LogP contribution in [0.5, 0.6) is 0 Å². The summed E-state index contributed by atoms with van der Waals surface area (Å²) in [6, 6.07) is 1.34. The van der Waals surface area contributed by atoms with Crippen LogP contribution in [-0.4, -0.2) is 40.6 Å². The molecule has 18 heavy (non-hydrogen) atoms. The lowest BCUT2D eigenvalue weighted by molar-refractivity contribution is 0.113. The van der Waals surface area contributed by atoms with Gasteiger partial charge in [-0.15, -0.1) is 0 Å². The van der Waals surface area contributed by atoms with Gasteiger partial charge < -0.3 is 9.88 Å². The van der Waals surface area contributed by atoms with Crippen LogP contribution in [0.4, 0.5) is 0 Å². The quantitative estimate of drug-likeness (QED) is 0.878. The lowest BCUT2D eigenvalue weighted by Gasteiger charge is -2.39. The molecule has 1 aliphatic heterocycles. The predicted octanol–water partition coefficient (Wildman–Crippen LogP) is 1.55. The number of nitrogens with zero attached hydrogens (tertiary/aromatic N) is 3. The maximum atomic E-state index is 4.29. The van der Waals surface area contributed by atoms with Crippen molar-refractivity contribution in [2.45, 2.75) is 37.8 Å². The van der Waals surface area contributed by atoms with Gasteiger partial charge in [0.1, 0.15) is 0 Å². The number of hydrogen-bond donors (Lipinski definition) is 1. The third-order valence-corrected chi connectivity index (χ3v) is 4.41. The largest absolute Gasteiger partial charge is 0.336 e. The molecule has 2 atom stereocenters. The minimum Gasteiger partial charge on any atom is -0.336 e. The van der Waals surface area contributed by atoms with E-state index in [0.29, 0.717) is 6.04 Å². The molecule has 2 heterocycles. The molecule has 0 radical (unpaired) electrons. The third-order valence-electron chi connectivity index (χ3n) is 4.41. The van der Waals surface area contributed by atoms with E-state index >= 15 is 0 Å². The number of hydrogen-bond acceptors (Lipinski definition) is 3. The van der Waals surface area contributed by atoms with Crippen molar-refractivity contribution in [2.24, 2.45) is 13.0 Å². The van der Waals surface area contributed by atoms with Gasteiger partial charge in [0.25, 0.3) is 0 Å². The van der Waals surface area contributed by atoms with E-state index in [1.807, 2.05) is 12.5 Å². The predicted molar refractivity (Wildman–Crippen MR) is 72.3 cm³/mol. The number of piperidine rings is 1. The van der Waals surface area contributed by atoms with Crippen LogP contribution in [0, 0.1) is 5.92 Å². The second-order valence-corrected chi connectivity index (χ2v) is 5.94. The zero-order valence-electron chi connectivity index (χ0n) is 11.5. The van der Waals surface area contributed by atoms with Crippen molar-refractivity contribution in [3.8, 4) is 0 Å². The van der Waals surface area contributed by atoms with Gasteiger partial charge in [0.15, 0.2) is 0 Å². The first kappa shape index (κ1) is 12.2. The van der Waals surface area contributed by atoms with Crippen LogP contribution < -0.4 is 5.32 Å². The fourth-order valence-corrected chi connectivity index (χ4v) is 3.20. The van der Waals surface area contributed by atoms with Gasteiger partial charge in [0.2, 0.25) is 0 Å². The minimum absolute atomic E-state index is 0.525. The molecule has 4 heteroatoms. The van der Waals surface area contributed by atoms with E-state index in [0.717, 1.165) is 18.5 Å². The number of likely N-dealkylation sites (tertiary alicyclic amines) is 1. The Kier molecular flexibility index (Phi) is 3.39. The van der Waals surface area contributed by atoms with Crippen molar-refractivity contribution in [3.63, 3.8) is 0 Å². The summed E-state index contributed by atoms with van der Waals surface area (Å²) < 4.78 is 2.18. The first-order valence-corrected chi connectivity index (χ1v) is 7.15. The first-order chi connectivity index (χ1) is 8.75. The Morgan fingerprint density at radius 3 is 2.83 bits per heavy atom. The number of aryl methyl sites for hydroxylation is 1. The van der Waals surface area contributed by atoms with Gasteiger partial charge in [-0.25, -0.2) is 4.98 Å². The molecule has 0 aromatic carbocycles. The highest BCUT2D eigenvalue weighted by molar-refractivity contribution is 5.08. The van der Waals surface area contributed by atoms with Crippen molar-refractivity contribution in [3.05, 3.63) is 18.2 Å². The van der Waals surface area contributed by atoms with E-state index in [1.54, 1.807) is 0 Å². The highest BCUT2D eigenvalue weighted by atomic mass is 15.2. The Labute approximate surface area is 109 Å². The van der Waals surface area contributed by atoms with Crippen LogP contribution in [0.25, 0.3) is 0 Å². The Balaban J connectivity index is 1.74. The smallest absolute Gasteiger partial charge is 0.0946 e. The average molecular weight is 248 g/mol. The van der Waals surface area contributed by atoms with Crippen LogP contribution in [0.15, 0.2) is 12.5 Å². The molecule has 1 aromatic heterocycles. The molecule has 1 saturated heterocycles. The highest BCUT2D eigenvalue weighted by Gasteiger charge is 2.33. The molecule has 1 aromatic rings. The topological polar surface area (TPSA) is 33.1 Å². The Morgan fingerprint density at radius 1 is 1.33 bits per heavy atom. The summed E-state index contributed by atoms with van der Waals surface area (Å²) in [7, 11) is 4.36. The molecule has 0 amide bonds. The Hall–Kier alpha value is -0.870. The van der Waals surface area contributed by atoms with Crippen molar-refractivity contribution in [1.29, 1.82) is 0 Å². The van der Waals surface area contributed by atoms with Crippen molar-refractivity contribution in [2.75, 3.05) is 20.1 Å². The standard InChI is InChI=1S/C14H24N4/c1-17-7-3-4-11(8-16-12-5-6-12)14(17)13-9-15-10-18(13)2/h9-12,14,16H,3-8H2,1-2H3. The van der Waals surface area contributed by atoms with Crippen molar-refractivity contribution >= 4 is 0 Å². The summed E-state index contributed by atoms with van der Waals surface area (Å²) in [6.45, 7) is 2.36. The normalized spacial score (nSPS) is 29.7. The molecule has 2 aliphatic rings. The van der Waals surface area contributed by atoms with E-state index in [2.05, 4.69) is 33.9 Å². The minimum atomic E-state index is 0.525. The van der Waals surface area contributed by atoms with Crippen LogP contribution in [0.2, 0.25) is 0 Å². The molecule has 1 N–H and O–H groups in total. The molecule has 2 fully saturated rings. The molecule has 100 valence electrons. The van der Waals surface area contributed by atoms with Gasteiger partial charge in [-0.2, -0.15) is 0 Å². The molecular weight excluding hydrogens is 224 g/mol. The molecule has 1 saturated carbocycles. The van der Waals surface area contributed by atoms with Crippen LogP contribution in [0.1, 0.15) is 37.4 Å². The van der Waals surface area contributed by atoms with E-state index in [-0.39, 0.29) is 0 Å². The maximum absolute atomic E-state index is 4.29. The van der Waals surface area contributed by atoms with Gasteiger partial charge >= 0.3 is 0 Å². The summed E-state index contributed by atoms with van der Waals surface area (Å²) in [5.74, 6) is 0.722. The number of nitrogens with one attached hydrogen (secondary N) is 1. The molecule has 0 spiro atoms. The zero-order chi connectivity index (χ0) is 12.5. The van der Waals surface area contributed by atoms with E-state index in [9.17, 15) is 0 Å². The monoisotopic (exact) mass is 248 g/mol. The van der Waals surface area contributed by atoms with Gasteiger partial charge in [-0.05, 0) is 45.2 Å². The number of rotatable bonds is 4. The maximum Gasteiger partial charge on any atom is 0.0946 e. The van der Waals surface area contributed by atoms with Crippen LogP contribution >= 0.6 is 0 Å². The van der Waals surface area contributed by atoms with Crippen molar-refractivity contribution in [1.82, 2.24) is 19.8 Å². The SMILES string of the molecule is CN1CCCC(CNC2CC2)C1c1cncn1C.